The van der Waals surface area contributed by atoms with Crippen LogP contribution in [-0.4, -0.2) is 25.3 Å². The molecule has 146 valence electrons. The van der Waals surface area contributed by atoms with Gasteiger partial charge in [-0.05, 0) is 40.6 Å². The minimum absolute atomic E-state index is 0.0940. The summed E-state index contributed by atoms with van der Waals surface area (Å²) in [6.07, 6.45) is -4.40. The molecule has 3 aromatic carbocycles. The van der Waals surface area contributed by atoms with Crippen LogP contribution in [0, 0.1) is 0 Å². The number of carbonyl (C=O) groups excluding carboxylic acids is 1. The van der Waals surface area contributed by atoms with Crippen LogP contribution in [0.5, 0.6) is 11.5 Å². The number of benzene rings is 3. The molecule has 0 aromatic heterocycles. The number of hydrogen-bond acceptors (Lipinski definition) is 3. The lowest BCUT2D eigenvalue weighted by Gasteiger charge is -2.11. The average Bonchev–Trinajstić information content (AvgIpc) is 2.69. The SMILES string of the molecule is O=C(COc1ccc2ccccc2c1)NCc1cccc(OCC(F)(F)F)c1. The molecule has 0 radical (unpaired) electrons. The van der Waals surface area contributed by atoms with Crippen LogP contribution in [0.4, 0.5) is 13.2 Å². The van der Waals surface area contributed by atoms with E-state index in [2.05, 4.69) is 5.32 Å². The molecule has 0 aliphatic carbocycles. The van der Waals surface area contributed by atoms with E-state index in [9.17, 15) is 18.0 Å². The van der Waals surface area contributed by atoms with Gasteiger partial charge in [0.1, 0.15) is 11.5 Å². The van der Waals surface area contributed by atoms with E-state index in [0.717, 1.165) is 10.8 Å². The standard InChI is InChI=1S/C21H18F3NO3/c22-21(23,24)14-28-18-7-3-4-15(10-18)12-25-20(26)13-27-19-9-8-16-5-1-2-6-17(16)11-19/h1-11H,12-14H2,(H,25,26). The topological polar surface area (TPSA) is 47.6 Å². The van der Waals surface area contributed by atoms with Crippen LogP contribution in [0.25, 0.3) is 10.8 Å². The Balaban J connectivity index is 1.48. The molecule has 0 saturated heterocycles. The van der Waals surface area contributed by atoms with Crippen molar-refractivity contribution in [3.63, 3.8) is 0 Å². The molecule has 0 heterocycles. The number of hydrogen-bond donors (Lipinski definition) is 1. The Kier molecular flexibility index (Phi) is 6.03. The van der Waals surface area contributed by atoms with E-state index in [1.807, 2.05) is 36.4 Å². The first-order chi connectivity index (χ1) is 13.4. The third-order valence-corrected chi connectivity index (χ3v) is 3.88. The summed E-state index contributed by atoms with van der Waals surface area (Å²) >= 11 is 0. The Morgan fingerprint density at radius 3 is 2.39 bits per heavy atom. The molecule has 3 rings (SSSR count). The Morgan fingerprint density at radius 1 is 0.857 bits per heavy atom. The summed E-state index contributed by atoms with van der Waals surface area (Å²) in [6.45, 7) is -1.37. The van der Waals surface area contributed by atoms with Crippen molar-refractivity contribution in [2.45, 2.75) is 12.7 Å². The van der Waals surface area contributed by atoms with Crippen LogP contribution >= 0.6 is 0 Å². The Labute approximate surface area is 159 Å². The Hall–Kier alpha value is -3.22. The van der Waals surface area contributed by atoms with Crippen molar-refractivity contribution in [3.8, 4) is 11.5 Å². The maximum absolute atomic E-state index is 12.2. The van der Waals surface area contributed by atoms with Gasteiger partial charge in [0.05, 0.1) is 0 Å². The van der Waals surface area contributed by atoms with Crippen molar-refractivity contribution in [1.82, 2.24) is 5.32 Å². The van der Waals surface area contributed by atoms with Crippen molar-refractivity contribution in [1.29, 1.82) is 0 Å². The van der Waals surface area contributed by atoms with Crippen LogP contribution in [0.1, 0.15) is 5.56 Å². The molecule has 1 amide bonds. The van der Waals surface area contributed by atoms with Crippen LogP contribution in [-0.2, 0) is 11.3 Å². The highest BCUT2D eigenvalue weighted by atomic mass is 19.4. The largest absolute Gasteiger partial charge is 0.484 e. The molecular formula is C21H18F3NO3. The number of fused-ring (bicyclic) bond motifs is 1. The van der Waals surface area contributed by atoms with E-state index in [-0.39, 0.29) is 24.8 Å². The highest BCUT2D eigenvalue weighted by Crippen LogP contribution is 2.21. The number of alkyl halides is 3. The third kappa shape index (κ3) is 5.90. The van der Waals surface area contributed by atoms with Crippen LogP contribution in [0.15, 0.2) is 66.7 Å². The van der Waals surface area contributed by atoms with Gasteiger partial charge in [0.2, 0.25) is 0 Å². The van der Waals surface area contributed by atoms with Gasteiger partial charge >= 0.3 is 6.18 Å². The number of ether oxygens (including phenoxy) is 2. The van der Waals surface area contributed by atoms with Crippen molar-refractivity contribution < 1.29 is 27.4 Å². The summed E-state index contributed by atoms with van der Waals surface area (Å²) in [5.74, 6) is 0.336. The van der Waals surface area contributed by atoms with E-state index >= 15 is 0 Å². The number of halogens is 3. The van der Waals surface area contributed by atoms with Gasteiger partial charge in [-0.25, -0.2) is 0 Å². The predicted molar refractivity (Wildman–Crippen MR) is 99.3 cm³/mol. The van der Waals surface area contributed by atoms with Crippen LogP contribution in [0.2, 0.25) is 0 Å². The molecule has 7 heteroatoms. The second-order valence-electron chi connectivity index (χ2n) is 6.13. The smallest absolute Gasteiger partial charge is 0.422 e. The molecule has 28 heavy (non-hydrogen) atoms. The lowest BCUT2D eigenvalue weighted by atomic mass is 10.1. The number of amides is 1. The molecule has 4 nitrogen and oxygen atoms in total. The second-order valence-corrected chi connectivity index (χ2v) is 6.13. The van der Waals surface area contributed by atoms with E-state index in [4.69, 9.17) is 9.47 Å². The lowest BCUT2D eigenvalue weighted by molar-refractivity contribution is -0.153. The average molecular weight is 389 g/mol. The summed E-state index contributed by atoms with van der Waals surface area (Å²) in [7, 11) is 0. The number of carbonyl (C=O) groups is 1. The summed E-state index contributed by atoms with van der Waals surface area (Å²) in [5.41, 5.74) is 0.624. The molecule has 0 aliphatic rings. The van der Waals surface area contributed by atoms with E-state index in [0.29, 0.717) is 11.3 Å². The number of rotatable bonds is 7. The van der Waals surface area contributed by atoms with Gasteiger partial charge in [0.15, 0.2) is 13.2 Å². The Morgan fingerprint density at radius 2 is 1.61 bits per heavy atom. The predicted octanol–water partition coefficient (Wildman–Crippen LogP) is 4.48. The van der Waals surface area contributed by atoms with Gasteiger partial charge in [-0.15, -0.1) is 0 Å². The van der Waals surface area contributed by atoms with Crippen molar-refractivity contribution >= 4 is 16.7 Å². The molecule has 0 bridgehead atoms. The molecule has 3 aromatic rings. The molecule has 0 aliphatic heterocycles. The molecule has 0 unspecified atom stereocenters. The molecule has 0 spiro atoms. The minimum Gasteiger partial charge on any atom is -0.484 e. The normalized spacial score (nSPS) is 11.2. The fourth-order valence-electron chi connectivity index (χ4n) is 2.57. The maximum atomic E-state index is 12.2. The lowest BCUT2D eigenvalue weighted by Crippen LogP contribution is -2.28. The van der Waals surface area contributed by atoms with Crippen molar-refractivity contribution in [2.24, 2.45) is 0 Å². The summed E-state index contributed by atoms with van der Waals surface area (Å²) in [6, 6.07) is 19.5. The van der Waals surface area contributed by atoms with Gasteiger partial charge < -0.3 is 14.8 Å². The molecular weight excluding hydrogens is 371 g/mol. The molecule has 0 saturated carbocycles. The van der Waals surface area contributed by atoms with Gasteiger partial charge in [0, 0.05) is 6.54 Å². The maximum Gasteiger partial charge on any atom is 0.422 e. The molecule has 1 N–H and O–H groups in total. The summed E-state index contributed by atoms with van der Waals surface area (Å²) in [5, 5.41) is 4.75. The monoisotopic (exact) mass is 389 g/mol. The minimum atomic E-state index is -4.40. The van der Waals surface area contributed by atoms with E-state index in [1.54, 1.807) is 18.2 Å². The van der Waals surface area contributed by atoms with Gasteiger partial charge in [0.25, 0.3) is 5.91 Å². The second kappa shape index (κ2) is 8.65. The zero-order valence-electron chi connectivity index (χ0n) is 14.8. The fourth-order valence-corrected chi connectivity index (χ4v) is 2.57. The Bertz CT molecular complexity index is 957. The van der Waals surface area contributed by atoms with Gasteiger partial charge in [-0.3, -0.25) is 4.79 Å². The van der Waals surface area contributed by atoms with Crippen molar-refractivity contribution in [3.05, 3.63) is 72.3 Å². The first-order valence-corrected chi connectivity index (χ1v) is 8.56. The zero-order valence-corrected chi connectivity index (χ0v) is 14.8. The van der Waals surface area contributed by atoms with Gasteiger partial charge in [-0.2, -0.15) is 13.2 Å². The highest BCUT2D eigenvalue weighted by Gasteiger charge is 2.28. The zero-order chi connectivity index (χ0) is 20.0. The third-order valence-electron chi connectivity index (χ3n) is 3.88. The first kappa shape index (κ1) is 19.5. The first-order valence-electron chi connectivity index (χ1n) is 8.56. The molecule has 0 atom stereocenters. The summed E-state index contributed by atoms with van der Waals surface area (Å²) in [4.78, 5) is 12.0. The van der Waals surface area contributed by atoms with Crippen LogP contribution in [0.3, 0.4) is 0 Å². The highest BCUT2D eigenvalue weighted by molar-refractivity contribution is 5.84. The fraction of sp³-hybridized carbons (Fsp3) is 0.190. The van der Waals surface area contributed by atoms with Crippen LogP contribution < -0.4 is 14.8 Å². The van der Waals surface area contributed by atoms with Crippen molar-refractivity contribution in [2.75, 3.05) is 13.2 Å². The summed E-state index contributed by atoms with van der Waals surface area (Å²) < 4.78 is 46.8. The van der Waals surface area contributed by atoms with E-state index < -0.39 is 12.8 Å². The van der Waals surface area contributed by atoms with Gasteiger partial charge in [-0.1, -0.05) is 42.5 Å². The van der Waals surface area contributed by atoms with E-state index in [1.165, 1.54) is 12.1 Å². The quantitative estimate of drug-likeness (QED) is 0.648. The molecule has 0 fully saturated rings. The number of nitrogens with one attached hydrogen (secondary N) is 1.